The van der Waals surface area contributed by atoms with Gasteiger partial charge in [-0.25, -0.2) is 4.79 Å². The van der Waals surface area contributed by atoms with Crippen molar-refractivity contribution in [2.75, 3.05) is 6.61 Å². The second kappa shape index (κ2) is 9.80. The van der Waals surface area contributed by atoms with Crippen LogP contribution in [0.15, 0.2) is 78.9 Å². The van der Waals surface area contributed by atoms with E-state index in [-0.39, 0.29) is 18.5 Å². The molecule has 0 saturated carbocycles. The van der Waals surface area contributed by atoms with Gasteiger partial charge in [0.05, 0.1) is 11.7 Å². The molecule has 29 heavy (non-hydrogen) atoms. The summed E-state index contributed by atoms with van der Waals surface area (Å²) in [5.41, 5.74) is 3.66. The first-order valence-electron chi connectivity index (χ1n) is 9.70. The van der Waals surface area contributed by atoms with Gasteiger partial charge in [0.25, 0.3) is 0 Å². The van der Waals surface area contributed by atoms with Crippen LogP contribution in [0, 0.1) is 0 Å². The number of hydrogen-bond acceptors (Lipinski definition) is 4. The van der Waals surface area contributed by atoms with E-state index in [2.05, 4.69) is 0 Å². The Kier molecular flexibility index (Phi) is 6.93. The monoisotopic (exact) mass is 388 g/mol. The summed E-state index contributed by atoms with van der Waals surface area (Å²) in [6, 6.07) is 24.0. The van der Waals surface area contributed by atoms with E-state index < -0.39 is 5.97 Å². The van der Waals surface area contributed by atoms with Crippen molar-refractivity contribution < 1.29 is 19.4 Å². The quantitative estimate of drug-likeness (QED) is 0.440. The molecule has 0 radical (unpaired) electrons. The number of rotatable bonds is 8. The topological polar surface area (TPSA) is 63.6 Å². The van der Waals surface area contributed by atoms with Gasteiger partial charge in [-0.2, -0.15) is 0 Å². The van der Waals surface area contributed by atoms with Gasteiger partial charge in [-0.3, -0.25) is 4.79 Å². The van der Waals surface area contributed by atoms with Gasteiger partial charge in [-0.1, -0.05) is 66.7 Å². The van der Waals surface area contributed by atoms with Gasteiger partial charge in [0.2, 0.25) is 0 Å². The van der Waals surface area contributed by atoms with Crippen molar-refractivity contribution in [2.24, 2.45) is 0 Å². The van der Waals surface area contributed by atoms with Crippen LogP contribution in [-0.4, -0.2) is 29.6 Å². The third kappa shape index (κ3) is 5.39. The van der Waals surface area contributed by atoms with Crippen molar-refractivity contribution >= 4 is 11.8 Å². The maximum Gasteiger partial charge on any atom is 0.338 e. The number of aliphatic hydroxyl groups excluding tert-OH is 1. The molecule has 3 rings (SSSR count). The number of ketones is 1. The number of benzene rings is 3. The maximum atomic E-state index is 12.7. The third-order valence-corrected chi connectivity index (χ3v) is 4.71. The molecule has 0 bridgehead atoms. The molecule has 0 saturated heterocycles. The highest BCUT2D eigenvalue weighted by molar-refractivity contribution is 6.09. The molecule has 0 fully saturated rings. The van der Waals surface area contributed by atoms with Gasteiger partial charge in [0.1, 0.15) is 0 Å². The van der Waals surface area contributed by atoms with Crippen molar-refractivity contribution in [3.05, 3.63) is 95.6 Å². The van der Waals surface area contributed by atoms with E-state index in [9.17, 15) is 9.59 Å². The van der Waals surface area contributed by atoms with Crippen LogP contribution in [0.25, 0.3) is 11.1 Å². The first kappa shape index (κ1) is 20.5. The van der Waals surface area contributed by atoms with E-state index in [4.69, 9.17) is 9.84 Å². The fourth-order valence-corrected chi connectivity index (χ4v) is 3.06. The van der Waals surface area contributed by atoms with E-state index in [0.29, 0.717) is 29.5 Å². The largest absolute Gasteiger partial charge is 0.459 e. The number of esters is 1. The molecule has 0 spiro atoms. The highest BCUT2D eigenvalue weighted by Gasteiger charge is 2.14. The lowest BCUT2D eigenvalue weighted by Crippen LogP contribution is -2.15. The molecule has 1 atom stereocenters. The van der Waals surface area contributed by atoms with Crippen LogP contribution in [-0.2, 0) is 4.74 Å². The summed E-state index contributed by atoms with van der Waals surface area (Å²) in [6.45, 7) is 1.87. The van der Waals surface area contributed by atoms with Crippen LogP contribution in [0.1, 0.15) is 46.0 Å². The van der Waals surface area contributed by atoms with Crippen molar-refractivity contribution in [2.45, 2.75) is 25.9 Å². The Morgan fingerprint density at radius 1 is 0.793 bits per heavy atom. The molecule has 3 aromatic carbocycles. The highest BCUT2D eigenvalue weighted by atomic mass is 16.5. The van der Waals surface area contributed by atoms with Gasteiger partial charge in [-0.05, 0) is 43.0 Å². The molecule has 4 nitrogen and oxygen atoms in total. The molecule has 0 aromatic heterocycles. The minimum atomic E-state index is -0.429. The Balaban J connectivity index is 1.66. The first-order valence-corrected chi connectivity index (χ1v) is 9.70. The van der Waals surface area contributed by atoms with Gasteiger partial charge in [-0.15, -0.1) is 0 Å². The number of hydrogen-bond donors (Lipinski definition) is 1. The molecule has 0 heterocycles. The molecule has 0 aliphatic carbocycles. The summed E-state index contributed by atoms with van der Waals surface area (Å²) in [7, 11) is 0. The molecular weight excluding hydrogens is 364 g/mol. The molecule has 0 aliphatic heterocycles. The zero-order chi connectivity index (χ0) is 20.6. The predicted octanol–water partition coefficient (Wildman–Crippen LogP) is 4.90. The molecule has 4 heteroatoms. The van der Waals surface area contributed by atoms with E-state index >= 15 is 0 Å². The molecule has 148 valence electrons. The second-order valence-corrected chi connectivity index (χ2v) is 6.93. The van der Waals surface area contributed by atoms with Crippen LogP contribution in [0.3, 0.4) is 0 Å². The standard InChI is InChI=1S/C25H24O4/c1-18(6-5-17-26)29-25(28)23-15-13-22(14-16-23)24(27)21-11-9-20(10-12-21)19-7-3-2-4-8-19/h2-4,7-16,18,26H,5-6,17H2,1H3. The first-order chi connectivity index (χ1) is 14.1. The lowest BCUT2D eigenvalue weighted by Gasteiger charge is -2.12. The summed E-state index contributed by atoms with van der Waals surface area (Å²) in [5, 5.41) is 8.84. The number of aliphatic hydroxyl groups is 1. The minimum absolute atomic E-state index is 0.0744. The Morgan fingerprint density at radius 3 is 1.90 bits per heavy atom. The van der Waals surface area contributed by atoms with Crippen molar-refractivity contribution in [1.82, 2.24) is 0 Å². The molecule has 0 aliphatic rings. The average molecular weight is 388 g/mol. The maximum absolute atomic E-state index is 12.7. The molecule has 0 amide bonds. The number of carbonyl (C=O) groups excluding carboxylic acids is 2. The predicted molar refractivity (Wildman–Crippen MR) is 113 cm³/mol. The summed E-state index contributed by atoms with van der Waals surface area (Å²) < 4.78 is 5.34. The van der Waals surface area contributed by atoms with Gasteiger partial charge in [0, 0.05) is 17.7 Å². The van der Waals surface area contributed by atoms with Crippen LogP contribution in [0.5, 0.6) is 0 Å². The Labute approximate surface area is 170 Å². The summed E-state index contributed by atoms with van der Waals surface area (Å²) in [4.78, 5) is 24.9. The van der Waals surface area contributed by atoms with Gasteiger partial charge in [0.15, 0.2) is 5.78 Å². The summed E-state index contributed by atoms with van der Waals surface area (Å²) in [5.74, 6) is -0.525. The van der Waals surface area contributed by atoms with Crippen LogP contribution < -0.4 is 0 Å². The lowest BCUT2D eigenvalue weighted by atomic mass is 9.99. The Hall–Kier alpha value is -3.24. The minimum Gasteiger partial charge on any atom is -0.459 e. The average Bonchev–Trinajstić information content (AvgIpc) is 2.78. The summed E-state index contributed by atoms with van der Waals surface area (Å²) in [6.07, 6.45) is 0.932. The third-order valence-electron chi connectivity index (χ3n) is 4.71. The molecule has 3 aromatic rings. The Morgan fingerprint density at radius 2 is 1.31 bits per heavy atom. The second-order valence-electron chi connectivity index (χ2n) is 6.93. The smallest absolute Gasteiger partial charge is 0.338 e. The fraction of sp³-hybridized carbons (Fsp3) is 0.200. The van der Waals surface area contributed by atoms with E-state index in [1.165, 1.54) is 0 Å². The van der Waals surface area contributed by atoms with Crippen molar-refractivity contribution in [3.8, 4) is 11.1 Å². The molecular formula is C25H24O4. The normalized spacial score (nSPS) is 11.7. The van der Waals surface area contributed by atoms with Gasteiger partial charge >= 0.3 is 5.97 Å². The van der Waals surface area contributed by atoms with Crippen molar-refractivity contribution in [3.63, 3.8) is 0 Å². The van der Waals surface area contributed by atoms with Crippen LogP contribution in [0.2, 0.25) is 0 Å². The van der Waals surface area contributed by atoms with E-state index in [1.807, 2.05) is 54.6 Å². The molecule has 1 unspecified atom stereocenters. The number of carbonyl (C=O) groups is 2. The van der Waals surface area contributed by atoms with Gasteiger partial charge < -0.3 is 9.84 Å². The molecule has 1 N–H and O–H groups in total. The zero-order valence-corrected chi connectivity index (χ0v) is 16.4. The van der Waals surface area contributed by atoms with Crippen LogP contribution in [0.4, 0.5) is 0 Å². The SMILES string of the molecule is CC(CCCO)OC(=O)c1ccc(C(=O)c2ccc(-c3ccccc3)cc2)cc1. The van der Waals surface area contributed by atoms with Crippen molar-refractivity contribution in [1.29, 1.82) is 0 Å². The number of ether oxygens (including phenoxy) is 1. The lowest BCUT2D eigenvalue weighted by molar-refractivity contribution is 0.0310. The van der Waals surface area contributed by atoms with Crippen LogP contribution >= 0.6 is 0 Å². The van der Waals surface area contributed by atoms with E-state index in [0.717, 1.165) is 11.1 Å². The highest BCUT2D eigenvalue weighted by Crippen LogP contribution is 2.21. The summed E-state index contributed by atoms with van der Waals surface area (Å²) >= 11 is 0. The zero-order valence-electron chi connectivity index (χ0n) is 16.4. The fourth-order valence-electron chi connectivity index (χ4n) is 3.06. The van der Waals surface area contributed by atoms with E-state index in [1.54, 1.807) is 31.2 Å². The Bertz CT molecular complexity index is 944.